The van der Waals surface area contributed by atoms with Crippen LogP contribution in [0.15, 0.2) is 66.1 Å². The number of rotatable bonds is 10. The van der Waals surface area contributed by atoms with Crippen molar-refractivity contribution in [3.63, 3.8) is 0 Å². The first kappa shape index (κ1) is 21.9. The molecule has 0 saturated carbocycles. The molecule has 0 bridgehead atoms. The molecular weight excluding hydrogens is 418 g/mol. The van der Waals surface area contributed by atoms with Gasteiger partial charge in [-0.1, -0.05) is 42.2 Å². The van der Waals surface area contributed by atoms with Gasteiger partial charge in [-0.3, -0.25) is 9.69 Å². The van der Waals surface area contributed by atoms with Gasteiger partial charge >= 0.3 is 0 Å². The maximum absolute atomic E-state index is 12.4. The van der Waals surface area contributed by atoms with Crippen molar-refractivity contribution < 1.29 is 19.0 Å². The highest BCUT2D eigenvalue weighted by Crippen LogP contribution is 2.32. The highest BCUT2D eigenvalue weighted by atomic mass is 32.2. The van der Waals surface area contributed by atoms with Crippen LogP contribution < -0.4 is 14.2 Å². The predicted octanol–water partition coefficient (Wildman–Crippen LogP) is 4.93. The number of hydrogen-bond donors (Lipinski definition) is 0. The highest BCUT2D eigenvalue weighted by molar-refractivity contribution is 8.26. The quantitative estimate of drug-likeness (QED) is 0.226. The van der Waals surface area contributed by atoms with Gasteiger partial charge in [0.2, 0.25) is 0 Å². The molecule has 5 nitrogen and oxygen atoms in total. The summed E-state index contributed by atoms with van der Waals surface area (Å²) in [5.74, 6) is 2.25. The Kier molecular flexibility index (Phi) is 7.93. The molecular formula is C23H23NO4S2. The number of thioether (sulfide) groups is 1. The molecule has 1 aliphatic heterocycles. The van der Waals surface area contributed by atoms with E-state index in [1.165, 1.54) is 11.8 Å². The standard InChI is InChI=1S/C23H23NO4S2/c1-3-12-24-22(25)21(30-23(24)29)16-17-6-4-7-20(15-17)28-14-5-13-27-19-10-8-18(26-2)9-11-19/h3-4,6-11,15-16H,1,5,12-14H2,2H3. The smallest absolute Gasteiger partial charge is 0.266 e. The van der Waals surface area contributed by atoms with Gasteiger partial charge < -0.3 is 14.2 Å². The summed E-state index contributed by atoms with van der Waals surface area (Å²) >= 11 is 6.57. The van der Waals surface area contributed by atoms with Gasteiger partial charge in [-0.25, -0.2) is 0 Å². The summed E-state index contributed by atoms with van der Waals surface area (Å²) in [5.41, 5.74) is 0.890. The normalized spacial score (nSPS) is 14.8. The number of nitrogens with zero attached hydrogens (tertiary/aromatic N) is 1. The fraction of sp³-hybridized carbons (Fsp3) is 0.217. The molecule has 0 atom stereocenters. The summed E-state index contributed by atoms with van der Waals surface area (Å²) in [6, 6.07) is 15.1. The maximum atomic E-state index is 12.4. The van der Waals surface area contributed by atoms with Crippen LogP contribution in [-0.2, 0) is 4.79 Å². The van der Waals surface area contributed by atoms with Crippen LogP contribution in [0.4, 0.5) is 0 Å². The number of carbonyl (C=O) groups is 1. The summed E-state index contributed by atoms with van der Waals surface area (Å²) in [5, 5.41) is 0. The molecule has 1 heterocycles. The Bertz CT molecular complexity index is 940. The number of amides is 1. The van der Waals surface area contributed by atoms with Crippen LogP contribution in [0.1, 0.15) is 12.0 Å². The molecule has 2 aromatic rings. The van der Waals surface area contributed by atoms with Crippen molar-refractivity contribution in [3.05, 3.63) is 71.7 Å². The Morgan fingerprint density at radius 1 is 1.07 bits per heavy atom. The first-order valence-corrected chi connectivity index (χ1v) is 10.7. The monoisotopic (exact) mass is 441 g/mol. The van der Waals surface area contributed by atoms with E-state index in [2.05, 4.69) is 6.58 Å². The Morgan fingerprint density at radius 3 is 2.47 bits per heavy atom. The first-order valence-electron chi connectivity index (χ1n) is 9.46. The molecule has 0 aliphatic carbocycles. The number of methoxy groups -OCH3 is 1. The van der Waals surface area contributed by atoms with Crippen LogP contribution >= 0.6 is 24.0 Å². The SMILES string of the molecule is C=CCN1C(=O)C(=Cc2cccc(OCCCOc3ccc(OC)cc3)c2)SC1=S. The third kappa shape index (κ3) is 5.87. The maximum Gasteiger partial charge on any atom is 0.266 e. The summed E-state index contributed by atoms with van der Waals surface area (Å²) in [7, 11) is 1.63. The Morgan fingerprint density at radius 2 is 1.77 bits per heavy atom. The Balaban J connectivity index is 1.49. The molecule has 0 spiro atoms. The predicted molar refractivity (Wildman–Crippen MR) is 125 cm³/mol. The Labute approximate surface area is 186 Å². The average molecular weight is 442 g/mol. The van der Waals surface area contributed by atoms with E-state index in [1.54, 1.807) is 18.1 Å². The van der Waals surface area contributed by atoms with Crippen molar-refractivity contribution in [2.75, 3.05) is 26.9 Å². The van der Waals surface area contributed by atoms with Crippen LogP contribution in [0.25, 0.3) is 6.08 Å². The molecule has 7 heteroatoms. The van der Waals surface area contributed by atoms with Gasteiger partial charge in [-0.2, -0.15) is 0 Å². The van der Waals surface area contributed by atoms with Crippen LogP contribution in [0, 0.1) is 0 Å². The van der Waals surface area contributed by atoms with Crippen molar-refractivity contribution in [2.45, 2.75) is 6.42 Å². The molecule has 1 aliphatic rings. The summed E-state index contributed by atoms with van der Waals surface area (Å²) in [6.45, 7) is 5.17. The number of carbonyl (C=O) groups excluding carboxylic acids is 1. The van der Waals surface area contributed by atoms with Crippen LogP contribution in [0.2, 0.25) is 0 Å². The van der Waals surface area contributed by atoms with Gasteiger partial charge in [0.15, 0.2) is 0 Å². The van der Waals surface area contributed by atoms with E-state index in [4.69, 9.17) is 26.4 Å². The second-order valence-corrected chi connectivity index (χ2v) is 8.06. The lowest BCUT2D eigenvalue weighted by Crippen LogP contribution is -2.27. The number of ether oxygens (including phenoxy) is 3. The van der Waals surface area contributed by atoms with E-state index in [0.29, 0.717) is 29.0 Å². The zero-order valence-electron chi connectivity index (χ0n) is 16.7. The minimum atomic E-state index is -0.0908. The van der Waals surface area contributed by atoms with Crippen molar-refractivity contribution in [1.82, 2.24) is 4.90 Å². The Hall–Kier alpha value is -2.77. The molecule has 0 unspecified atom stereocenters. The first-order chi connectivity index (χ1) is 14.6. The van der Waals surface area contributed by atoms with E-state index >= 15 is 0 Å². The van der Waals surface area contributed by atoms with E-state index in [1.807, 2.05) is 54.6 Å². The lowest BCUT2D eigenvalue weighted by molar-refractivity contribution is -0.121. The van der Waals surface area contributed by atoms with Crippen LogP contribution in [-0.4, -0.2) is 42.0 Å². The van der Waals surface area contributed by atoms with Crippen molar-refractivity contribution >= 4 is 40.3 Å². The minimum Gasteiger partial charge on any atom is -0.497 e. The van der Waals surface area contributed by atoms with Crippen LogP contribution in [0.5, 0.6) is 17.2 Å². The molecule has 0 aromatic heterocycles. The third-order valence-corrected chi connectivity index (χ3v) is 5.60. The topological polar surface area (TPSA) is 48.0 Å². The van der Waals surface area contributed by atoms with Gasteiger partial charge in [0.1, 0.15) is 21.6 Å². The summed E-state index contributed by atoms with van der Waals surface area (Å²) in [4.78, 5) is 14.6. The zero-order chi connectivity index (χ0) is 21.3. The van der Waals surface area contributed by atoms with Crippen molar-refractivity contribution in [2.24, 2.45) is 0 Å². The van der Waals surface area contributed by atoms with Gasteiger partial charge in [0.05, 0.1) is 25.2 Å². The molecule has 0 N–H and O–H groups in total. The second kappa shape index (κ2) is 10.8. The van der Waals surface area contributed by atoms with E-state index in [-0.39, 0.29) is 5.91 Å². The second-order valence-electron chi connectivity index (χ2n) is 6.38. The molecule has 2 aromatic carbocycles. The largest absolute Gasteiger partial charge is 0.497 e. The lowest BCUT2D eigenvalue weighted by Gasteiger charge is -2.10. The fourth-order valence-corrected chi connectivity index (χ4v) is 4.02. The molecule has 156 valence electrons. The number of thiocarbonyl (C=S) groups is 1. The summed E-state index contributed by atoms with van der Waals surface area (Å²) < 4.78 is 17.2. The van der Waals surface area contributed by atoms with E-state index in [0.717, 1.165) is 29.2 Å². The highest BCUT2D eigenvalue weighted by Gasteiger charge is 2.30. The fourth-order valence-electron chi connectivity index (χ4n) is 2.74. The van der Waals surface area contributed by atoms with E-state index in [9.17, 15) is 4.79 Å². The third-order valence-electron chi connectivity index (χ3n) is 4.23. The molecule has 1 fully saturated rings. The van der Waals surface area contributed by atoms with E-state index < -0.39 is 0 Å². The van der Waals surface area contributed by atoms with Gasteiger partial charge in [-0.15, -0.1) is 6.58 Å². The minimum absolute atomic E-state index is 0.0908. The van der Waals surface area contributed by atoms with Gasteiger partial charge in [-0.05, 0) is 48.0 Å². The molecule has 0 radical (unpaired) electrons. The number of benzene rings is 2. The van der Waals surface area contributed by atoms with Crippen LogP contribution in [0.3, 0.4) is 0 Å². The zero-order valence-corrected chi connectivity index (χ0v) is 18.3. The molecule has 3 rings (SSSR count). The average Bonchev–Trinajstić information content (AvgIpc) is 3.02. The number of hydrogen-bond acceptors (Lipinski definition) is 6. The van der Waals surface area contributed by atoms with Gasteiger partial charge in [0, 0.05) is 13.0 Å². The van der Waals surface area contributed by atoms with Crippen molar-refractivity contribution in [1.29, 1.82) is 0 Å². The molecule has 1 amide bonds. The van der Waals surface area contributed by atoms with Gasteiger partial charge in [0.25, 0.3) is 5.91 Å². The lowest BCUT2D eigenvalue weighted by atomic mass is 10.2. The van der Waals surface area contributed by atoms with Crippen molar-refractivity contribution in [3.8, 4) is 17.2 Å². The molecule has 30 heavy (non-hydrogen) atoms. The molecule has 1 saturated heterocycles. The summed E-state index contributed by atoms with van der Waals surface area (Å²) in [6.07, 6.45) is 4.25.